The summed E-state index contributed by atoms with van der Waals surface area (Å²) in [6.45, 7) is 2.78. The molecule has 2 saturated carbocycles. The van der Waals surface area contributed by atoms with Gasteiger partial charge in [0, 0.05) is 38.5 Å². The van der Waals surface area contributed by atoms with Crippen LogP contribution in [0.3, 0.4) is 0 Å². The number of aliphatic hydroxyl groups excluding tert-OH is 2. The van der Waals surface area contributed by atoms with Crippen molar-refractivity contribution in [2.24, 2.45) is 0 Å². The number of hydrogen-bond acceptors (Lipinski definition) is 11. The molecule has 0 radical (unpaired) electrons. The number of aromatic nitrogens is 1. The number of nitrogens with zero attached hydrogens (tertiary/aromatic N) is 3. The number of rotatable bonds is 4. The summed E-state index contributed by atoms with van der Waals surface area (Å²) in [7, 11) is 0. The lowest BCUT2D eigenvalue weighted by molar-refractivity contribution is -0.192. The summed E-state index contributed by atoms with van der Waals surface area (Å²) in [4.78, 5) is 47.1. The first-order valence-electron chi connectivity index (χ1n) is 12.3. The summed E-state index contributed by atoms with van der Waals surface area (Å²) < 4.78 is 16.6. The Morgan fingerprint density at radius 1 is 1.09 bits per heavy atom. The molecule has 4 unspecified atom stereocenters. The molecule has 6 rings (SSSR count). The molecule has 1 aromatic heterocycles. The standard InChI is InChI=1S/C23H29N3O8S/c27-17-18(28)20(30)34-23(10-16(23)33-19(17)29)21(31)26-9-6-14-15(11-26)35-22(24-14)32-13-4-7-25(8-5-13)12-2-1-3-12/h12-13,16-18,27-28H,1-11H2. The van der Waals surface area contributed by atoms with Gasteiger partial charge < -0.3 is 34.2 Å². The smallest absolute Gasteiger partial charge is 0.339 e. The molecule has 2 saturated heterocycles. The highest BCUT2D eigenvalue weighted by molar-refractivity contribution is 7.13. The predicted octanol–water partition coefficient (Wildman–Crippen LogP) is -0.244. The number of ether oxygens (including phenoxy) is 3. The maximum atomic E-state index is 13.3. The minimum atomic E-state index is -2.09. The van der Waals surface area contributed by atoms with Gasteiger partial charge in [-0.3, -0.25) is 4.79 Å². The van der Waals surface area contributed by atoms with E-state index in [4.69, 9.17) is 14.2 Å². The number of fused-ring (bicyclic) bond motifs is 2. The monoisotopic (exact) mass is 507 g/mol. The zero-order valence-corrected chi connectivity index (χ0v) is 20.1. The van der Waals surface area contributed by atoms with Crippen molar-refractivity contribution in [3.8, 4) is 5.19 Å². The van der Waals surface area contributed by atoms with Gasteiger partial charge in [-0.15, -0.1) is 0 Å². The van der Waals surface area contributed by atoms with E-state index in [-0.39, 0.29) is 12.5 Å². The molecule has 11 nitrogen and oxygen atoms in total. The van der Waals surface area contributed by atoms with Crippen LogP contribution in [0.2, 0.25) is 0 Å². The Hall–Kier alpha value is -2.28. The molecule has 3 aliphatic heterocycles. The van der Waals surface area contributed by atoms with Crippen LogP contribution in [-0.2, 0) is 36.8 Å². The maximum Gasteiger partial charge on any atom is 0.339 e. The Balaban J connectivity index is 1.08. The Morgan fingerprint density at radius 2 is 1.83 bits per heavy atom. The van der Waals surface area contributed by atoms with Gasteiger partial charge in [0.15, 0.2) is 18.3 Å². The molecule has 1 aromatic rings. The van der Waals surface area contributed by atoms with Crippen LogP contribution in [0.15, 0.2) is 0 Å². The van der Waals surface area contributed by atoms with Crippen molar-refractivity contribution in [2.75, 3.05) is 19.6 Å². The number of piperidine rings is 1. The Labute approximate surface area is 205 Å². The van der Waals surface area contributed by atoms with E-state index in [9.17, 15) is 24.6 Å². The number of carbonyl (C=O) groups excluding carboxylic acids is 3. The van der Waals surface area contributed by atoms with Gasteiger partial charge >= 0.3 is 11.9 Å². The van der Waals surface area contributed by atoms with Crippen LogP contribution in [0.1, 0.15) is 49.1 Å². The van der Waals surface area contributed by atoms with Crippen LogP contribution in [0.25, 0.3) is 0 Å². The van der Waals surface area contributed by atoms with E-state index in [1.165, 1.54) is 30.6 Å². The van der Waals surface area contributed by atoms with Crippen LogP contribution in [0, 0.1) is 0 Å². The molecule has 4 heterocycles. The molecule has 35 heavy (non-hydrogen) atoms. The quantitative estimate of drug-likeness (QED) is 0.525. The molecule has 0 aromatic carbocycles. The fraction of sp³-hybridized carbons (Fsp3) is 0.739. The van der Waals surface area contributed by atoms with Crippen LogP contribution < -0.4 is 4.74 Å². The van der Waals surface area contributed by atoms with E-state index in [0.717, 1.165) is 42.5 Å². The molecule has 12 heteroatoms. The molecule has 4 fully saturated rings. The van der Waals surface area contributed by atoms with Crippen molar-refractivity contribution in [3.05, 3.63) is 10.6 Å². The Kier molecular flexibility index (Phi) is 5.74. The molecule has 0 bridgehead atoms. The topological polar surface area (TPSA) is 139 Å². The fourth-order valence-electron chi connectivity index (χ4n) is 5.35. The second-order valence-corrected chi connectivity index (χ2v) is 11.1. The lowest BCUT2D eigenvalue weighted by atomic mass is 9.90. The average Bonchev–Trinajstić information content (AvgIpc) is 3.33. The zero-order chi connectivity index (χ0) is 24.3. The number of thiazole rings is 1. The highest BCUT2D eigenvalue weighted by atomic mass is 32.1. The molecule has 4 atom stereocenters. The molecular weight excluding hydrogens is 478 g/mol. The summed E-state index contributed by atoms with van der Waals surface area (Å²) in [6.07, 6.45) is 1.52. The van der Waals surface area contributed by atoms with Gasteiger partial charge in [0.1, 0.15) is 6.10 Å². The van der Waals surface area contributed by atoms with Crippen molar-refractivity contribution in [2.45, 2.75) is 87.5 Å². The summed E-state index contributed by atoms with van der Waals surface area (Å²) in [6, 6.07) is 0.756. The molecule has 1 amide bonds. The summed E-state index contributed by atoms with van der Waals surface area (Å²) in [5.41, 5.74) is -0.741. The predicted molar refractivity (Wildman–Crippen MR) is 119 cm³/mol. The first kappa shape index (κ1) is 23.1. The average molecular weight is 508 g/mol. The van der Waals surface area contributed by atoms with E-state index in [2.05, 4.69) is 9.88 Å². The third kappa shape index (κ3) is 4.09. The third-order valence-electron chi connectivity index (χ3n) is 7.87. The van der Waals surface area contributed by atoms with E-state index >= 15 is 0 Å². The van der Waals surface area contributed by atoms with Crippen molar-refractivity contribution < 1.29 is 38.8 Å². The van der Waals surface area contributed by atoms with Gasteiger partial charge in [0.05, 0.1) is 17.1 Å². The van der Waals surface area contributed by atoms with Crippen LogP contribution in [-0.4, -0.2) is 98.5 Å². The Morgan fingerprint density at radius 3 is 2.54 bits per heavy atom. The SMILES string of the molecule is O=C1OC2CC2(C(=O)N2CCc3nc(OC4CCN(C5CCC5)CC4)sc3C2)OC(=O)C(O)C1O. The maximum absolute atomic E-state index is 13.3. The first-order valence-corrected chi connectivity index (χ1v) is 13.1. The molecule has 5 aliphatic rings. The van der Waals surface area contributed by atoms with Crippen molar-refractivity contribution >= 4 is 29.2 Å². The number of hydrogen-bond donors (Lipinski definition) is 2. The number of amides is 1. The minimum Gasteiger partial charge on any atom is -0.467 e. The van der Waals surface area contributed by atoms with Gasteiger partial charge in [-0.05, 0) is 25.7 Å². The van der Waals surface area contributed by atoms with E-state index in [1.807, 2.05) is 0 Å². The number of esters is 2. The third-order valence-corrected chi connectivity index (χ3v) is 8.84. The van der Waals surface area contributed by atoms with Gasteiger partial charge in [-0.25, -0.2) is 14.6 Å². The number of likely N-dealkylation sites (tertiary alicyclic amines) is 1. The van der Waals surface area contributed by atoms with Crippen LogP contribution in [0.5, 0.6) is 5.19 Å². The number of carbonyl (C=O) groups is 3. The normalized spacial score (nSPS) is 34.0. The van der Waals surface area contributed by atoms with Crippen molar-refractivity contribution in [1.82, 2.24) is 14.8 Å². The van der Waals surface area contributed by atoms with E-state index in [0.29, 0.717) is 24.7 Å². The van der Waals surface area contributed by atoms with Crippen LogP contribution in [0.4, 0.5) is 0 Å². The van der Waals surface area contributed by atoms with Gasteiger partial charge in [0.2, 0.25) is 5.60 Å². The van der Waals surface area contributed by atoms with E-state index < -0.39 is 41.8 Å². The first-order chi connectivity index (χ1) is 16.8. The van der Waals surface area contributed by atoms with E-state index in [1.54, 1.807) is 4.90 Å². The van der Waals surface area contributed by atoms with Crippen molar-refractivity contribution in [1.29, 1.82) is 0 Å². The minimum absolute atomic E-state index is 0.00270. The zero-order valence-electron chi connectivity index (χ0n) is 19.3. The molecular formula is C23H29N3O8S. The van der Waals surface area contributed by atoms with Crippen LogP contribution >= 0.6 is 11.3 Å². The van der Waals surface area contributed by atoms with Gasteiger partial charge in [0.25, 0.3) is 11.1 Å². The molecule has 2 N–H and O–H groups in total. The number of aliphatic hydroxyl groups is 2. The highest BCUT2D eigenvalue weighted by Gasteiger charge is 2.70. The summed E-state index contributed by atoms with van der Waals surface area (Å²) in [5.74, 6) is -2.82. The second kappa shape index (κ2) is 8.68. The lowest BCUT2D eigenvalue weighted by Gasteiger charge is -2.41. The Bertz CT molecular complexity index is 1040. The largest absolute Gasteiger partial charge is 0.467 e. The molecule has 2 aliphatic carbocycles. The highest BCUT2D eigenvalue weighted by Crippen LogP contribution is 2.47. The molecule has 190 valence electrons. The molecule has 0 spiro atoms. The second-order valence-electron chi connectivity index (χ2n) is 10.1. The fourth-order valence-corrected chi connectivity index (χ4v) is 6.39. The summed E-state index contributed by atoms with van der Waals surface area (Å²) >= 11 is 1.43. The summed E-state index contributed by atoms with van der Waals surface area (Å²) in [5, 5.41) is 20.1. The van der Waals surface area contributed by atoms with Gasteiger partial charge in [-0.1, -0.05) is 17.8 Å². The van der Waals surface area contributed by atoms with Gasteiger partial charge in [-0.2, -0.15) is 0 Å². The lowest BCUT2D eigenvalue weighted by Crippen LogP contribution is -2.52. The van der Waals surface area contributed by atoms with Crippen molar-refractivity contribution in [3.63, 3.8) is 0 Å².